The van der Waals surface area contributed by atoms with Gasteiger partial charge in [-0.15, -0.1) is 0 Å². The van der Waals surface area contributed by atoms with Gasteiger partial charge in [0.05, 0.1) is 18.6 Å². The Morgan fingerprint density at radius 2 is 2.21 bits per heavy atom. The molecule has 0 atom stereocenters. The first-order valence-corrected chi connectivity index (χ1v) is 8.22. The zero-order valence-electron chi connectivity index (χ0n) is 13.9. The molecule has 3 rings (SSSR count). The molecule has 4 nitrogen and oxygen atoms in total. The maximum absolute atomic E-state index is 4.43. The standard InChI is InChI=1S/C20H22N4/c1-3-5-19-16(4-2)11-20(24-19)17-8-9-23-18(10-17)7-6-15-12-21-14-22-13-15/h4,6-12,14,24H,2-3,5,13H2,1H3,(H,21,22)/b7-6-. The highest BCUT2D eigenvalue weighted by molar-refractivity contribution is 5.68. The lowest BCUT2D eigenvalue weighted by atomic mass is 10.1. The van der Waals surface area contributed by atoms with Crippen LogP contribution in [0.25, 0.3) is 23.4 Å². The van der Waals surface area contributed by atoms with E-state index in [0.29, 0.717) is 6.54 Å². The number of aromatic amines is 1. The second-order valence-corrected chi connectivity index (χ2v) is 5.73. The molecule has 4 heteroatoms. The largest absolute Gasteiger partial charge is 0.358 e. The Balaban J connectivity index is 1.83. The normalized spacial score (nSPS) is 13.8. The molecule has 0 saturated carbocycles. The summed E-state index contributed by atoms with van der Waals surface area (Å²) in [5.41, 5.74) is 6.71. The summed E-state index contributed by atoms with van der Waals surface area (Å²) in [7, 11) is 0. The van der Waals surface area contributed by atoms with Crippen molar-refractivity contribution in [2.45, 2.75) is 19.8 Å². The number of nitrogens with one attached hydrogen (secondary N) is 2. The maximum atomic E-state index is 4.43. The van der Waals surface area contributed by atoms with Crippen molar-refractivity contribution >= 4 is 18.5 Å². The Labute approximate surface area is 142 Å². The van der Waals surface area contributed by atoms with Gasteiger partial charge in [0.1, 0.15) is 0 Å². The molecule has 0 unspecified atom stereocenters. The van der Waals surface area contributed by atoms with Crippen molar-refractivity contribution < 1.29 is 0 Å². The zero-order valence-corrected chi connectivity index (χ0v) is 13.9. The molecule has 0 amide bonds. The van der Waals surface area contributed by atoms with Crippen LogP contribution in [0.1, 0.15) is 30.3 Å². The van der Waals surface area contributed by atoms with Crippen molar-refractivity contribution in [1.29, 1.82) is 0 Å². The van der Waals surface area contributed by atoms with Gasteiger partial charge in [0, 0.05) is 29.3 Å². The van der Waals surface area contributed by atoms with Crippen LogP contribution in [0, 0.1) is 0 Å². The number of aryl methyl sites for hydroxylation is 1. The molecule has 0 saturated heterocycles. The highest BCUT2D eigenvalue weighted by Crippen LogP contribution is 2.24. The molecule has 2 N–H and O–H groups in total. The van der Waals surface area contributed by atoms with Crippen LogP contribution in [-0.4, -0.2) is 22.9 Å². The first-order valence-electron chi connectivity index (χ1n) is 8.22. The Morgan fingerprint density at radius 1 is 1.29 bits per heavy atom. The highest BCUT2D eigenvalue weighted by atomic mass is 14.9. The van der Waals surface area contributed by atoms with Crippen molar-refractivity contribution in [1.82, 2.24) is 15.3 Å². The van der Waals surface area contributed by atoms with E-state index in [9.17, 15) is 0 Å². The summed E-state index contributed by atoms with van der Waals surface area (Å²) in [6, 6.07) is 6.27. The van der Waals surface area contributed by atoms with Crippen LogP contribution in [0.5, 0.6) is 0 Å². The number of aromatic nitrogens is 2. The van der Waals surface area contributed by atoms with Gasteiger partial charge in [0.15, 0.2) is 0 Å². The van der Waals surface area contributed by atoms with E-state index >= 15 is 0 Å². The molecule has 0 fully saturated rings. The number of hydrogen-bond acceptors (Lipinski definition) is 3. The van der Waals surface area contributed by atoms with Gasteiger partial charge in [-0.2, -0.15) is 0 Å². The third kappa shape index (κ3) is 3.71. The lowest BCUT2D eigenvalue weighted by Crippen LogP contribution is -2.08. The average molecular weight is 318 g/mol. The summed E-state index contributed by atoms with van der Waals surface area (Å²) in [6.07, 6.45) is 13.6. The lowest BCUT2D eigenvalue weighted by Gasteiger charge is -2.04. The molecule has 122 valence electrons. The molecule has 3 heterocycles. The van der Waals surface area contributed by atoms with E-state index < -0.39 is 0 Å². The van der Waals surface area contributed by atoms with Gasteiger partial charge in [0.2, 0.25) is 0 Å². The van der Waals surface area contributed by atoms with E-state index in [0.717, 1.165) is 35.4 Å². The minimum atomic E-state index is 0.697. The molecule has 2 aromatic rings. The second kappa shape index (κ2) is 7.59. The quantitative estimate of drug-likeness (QED) is 0.838. The van der Waals surface area contributed by atoms with Gasteiger partial charge in [0.25, 0.3) is 0 Å². The van der Waals surface area contributed by atoms with E-state index in [4.69, 9.17) is 0 Å². The third-order valence-corrected chi connectivity index (χ3v) is 3.92. The van der Waals surface area contributed by atoms with Crippen LogP contribution in [0.2, 0.25) is 0 Å². The molecule has 0 radical (unpaired) electrons. The van der Waals surface area contributed by atoms with Gasteiger partial charge in [-0.25, -0.2) is 0 Å². The maximum Gasteiger partial charge on any atom is 0.0867 e. The Kier molecular flexibility index (Phi) is 5.06. The number of hydrogen-bond donors (Lipinski definition) is 2. The Bertz CT molecular complexity index is 809. The van der Waals surface area contributed by atoms with Crippen molar-refractivity contribution in [3.05, 3.63) is 65.8 Å². The second-order valence-electron chi connectivity index (χ2n) is 5.73. The highest BCUT2D eigenvalue weighted by Gasteiger charge is 2.07. The first-order chi connectivity index (χ1) is 11.8. The molecule has 1 aliphatic rings. The van der Waals surface area contributed by atoms with Crippen LogP contribution in [0.3, 0.4) is 0 Å². The fourth-order valence-electron chi connectivity index (χ4n) is 2.70. The summed E-state index contributed by atoms with van der Waals surface area (Å²) < 4.78 is 0. The fourth-order valence-corrected chi connectivity index (χ4v) is 2.70. The van der Waals surface area contributed by atoms with Crippen LogP contribution in [-0.2, 0) is 6.42 Å². The monoisotopic (exact) mass is 318 g/mol. The summed E-state index contributed by atoms with van der Waals surface area (Å²) in [5, 5.41) is 3.00. The number of rotatable bonds is 6. The predicted molar refractivity (Wildman–Crippen MR) is 102 cm³/mol. The molecular formula is C20H22N4. The van der Waals surface area contributed by atoms with E-state index in [1.807, 2.05) is 36.7 Å². The number of pyridine rings is 1. The van der Waals surface area contributed by atoms with Crippen molar-refractivity contribution in [3.63, 3.8) is 0 Å². The number of nitrogens with zero attached hydrogens (tertiary/aromatic N) is 2. The van der Waals surface area contributed by atoms with E-state index in [1.54, 1.807) is 6.34 Å². The van der Waals surface area contributed by atoms with Crippen molar-refractivity contribution in [3.8, 4) is 11.3 Å². The molecule has 24 heavy (non-hydrogen) atoms. The minimum Gasteiger partial charge on any atom is -0.358 e. The molecule has 1 aliphatic heterocycles. The molecule has 2 aromatic heterocycles. The molecule has 0 bridgehead atoms. The first kappa shape index (κ1) is 16.0. The lowest BCUT2D eigenvalue weighted by molar-refractivity contribution is 0.891. The molecule has 0 aromatic carbocycles. The van der Waals surface area contributed by atoms with Crippen LogP contribution in [0.4, 0.5) is 0 Å². The smallest absolute Gasteiger partial charge is 0.0867 e. The van der Waals surface area contributed by atoms with Crippen molar-refractivity contribution in [2.24, 2.45) is 4.99 Å². The molecule has 0 aliphatic carbocycles. The van der Waals surface area contributed by atoms with Crippen LogP contribution in [0.15, 0.2) is 53.8 Å². The van der Waals surface area contributed by atoms with E-state index in [-0.39, 0.29) is 0 Å². The summed E-state index contributed by atoms with van der Waals surface area (Å²) in [4.78, 5) is 12.1. The van der Waals surface area contributed by atoms with Crippen LogP contribution >= 0.6 is 0 Å². The van der Waals surface area contributed by atoms with Crippen molar-refractivity contribution in [2.75, 3.05) is 6.54 Å². The van der Waals surface area contributed by atoms with Gasteiger partial charge >= 0.3 is 0 Å². The minimum absolute atomic E-state index is 0.697. The summed E-state index contributed by atoms with van der Waals surface area (Å²) >= 11 is 0. The van der Waals surface area contributed by atoms with Gasteiger partial charge in [-0.3, -0.25) is 9.98 Å². The zero-order chi connectivity index (χ0) is 16.8. The van der Waals surface area contributed by atoms with Gasteiger partial charge in [-0.1, -0.05) is 32.1 Å². The Morgan fingerprint density at radius 3 is 2.96 bits per heavy atom. The van der Waals surface area contributed by atoms with Gasteiger partial charge in [-0.05, 0) is 41.8 Å². The predicted octanol–water partition coefficient (Wildman–Crippen LogP) is 4.20. The SMILES string of the molecule is C=Cc1cc(-c2ccnc(/C=C\C3=CNC=NC3)c2)[nH]c1CCC. The number of aliphatic imine (C=N–C) groups is 1. The van der Waals surface area contributed by atoms with E-state index in [2.05, 4.69) is 45.9 Å². The summed E-state index contributed by atoms with van der Waals surface area (Å²) in [5.74, 6) is 0. The number of H-pyrrole nitrogens is 1. The fraction of sp³-hybridized carbons (Fsp3) is 0.200. The third-order valence-electron chi connectivity index (χ3n) is 3.92. The average Bonchev–Trinajstić information content (AvgIpc) is 3.05. The molecule has 0 spiro atoms. The van der Waals surface area contributed by atoms with Gasteiger partial charge < -0.3 is 10.3 Å². The molecular weight excluding hydrogens is 296 g/mol. The topological polar surface area (TPSA) is 53.1 Å². The Hall–Kier alpha value is -2.88. The van der Waals surface area contributed by atoms with Crippen LogP contribution < -0.4 is 5.32 Å². The van der Waals surface area contributed by atoms with E-state index in [1.165, 1.54) is 11.3 Å². The summed E-state index contributed by atoms with van der Waals surface area (Å²) in [6.45, 7) is 6.79.